The number of carbonyl (C=O) groups is 1. The van der Waals surface area contributed by atoms with Crippen LogP contribution in [0.5, 0.6) is 0 Å². The van der Waals surface area contributed by atoms with Gasteiger partial charge in [-0.3, -0.25) is 19.5 Å². The first-order valence-corrected chi connectivity index (χ1v) is 10.9. The second kappa shape index (κ2) is 8.15. The zero-order valence-corrected chi connectivity index (χ0v) is 19.0. The number of anilines is 2. The number of rotatable bonds is 4. The largest absolute Gasteiger partial charge is 0.329 e. The zero-order valence-electron chi connectivity index (χ0n) is 19.0. The van der Waals surface area contributed by atoms with Gasteiger partial charge in [-0.25, -0.2) is 4.98 Å². The number of fused-ring (bicyclic) bond motifs is 3. The van der Waals surface area contributed by atoms with Crippen molar-refractivity contribution in [3.63, 3.8) is 0 Å². The smallest absolute Gasteiger partial charge is 0.275 e. The van der Waals surface area contributed by atoms with Crippen LogP contribution in [0, 0.1) is 24.0 Å². The second-order valence-corrected chi connectivity index (χ2v) is 8.45. The number of nitrogens with one attached hydrogen (secondary N) is 2. The Balaban J connectivity index is 1.71. The van der Waals surface area contributed by atoms with E-state index in [1.807, 2.05) is 60.9 Å². The molecule has 8 nitrogen and oxygen atoms in total. The lowest BCUT2D eigenvalue weighted by Gasteiger charge is -2.30. The summed E-state index contributed by atoms with van der Waals surface area (Å²) in [4.78, 5) is 29.9. The van der Waals surface area contributed by atoms with E-state index in [-0.39, 0.29) is 11.6 Å². The highest BCUT2D eigenvalue weighted by Crippen LogP contribution is 2.42. The Labute approximate surface area is 196 Å². The molecule has 4 aromatic rings. The van der Waals surface area contributed by atoms with Gasteiger partial charge in [-0.2, -0.15) is 0 Å². The van der Waals surface area contributed by atoms with Crippen LogP contribution in [0.3, 0.4) is 0 Å². The van der Waals surface area contributed by atoms with Gasteiger partial charge in [0.2, 0.25) is 5.95 Å². The zero-order chi connectivity index (χ0) is 24.0. The predicted octanol–water partition coefficient (Wildman–Crippen LogP) is 5.49. The molecule has 1 aliphatic rings. The van der Waals surface area contributed by atoms with E-state index in [0.717, 1.165) is 22.2 Å². The van der Waals surface area contributed by atoms with Gasteiger partial charge in [-0.1, -0.05) is 42.0 Å². The minimum absolute atomic E-state index is 0.0530. The van der Waals surface area contributed by atoms with Crippen LogP contribution in [0.2, 0.25) is 0 Å². The van der Waals surface area contributed by atoms with Crippen LogP contribution >= 0.6 is 0 Å². The average molecular weight is 454 g/mol. The van der Waals surface area contributed by atoms with E-state index in [1.54, 1.807) is 25.1 Å². The lowest BCUT2D eigenvalue weighted by molar-refractivity contribution is -0.385. The first-order valence-electron chi connectivity index (χ1n) is 10.9. The van der Waals surface area contributed by atoms with Crippen LogP contribution in [0.25, 0.3) is 11.0 Å². The van der Waals surface area contributed by atoms with Crippen molar-refractivity contribution in [1.29, 1.82) is 0 Å². The van der Waals surface area contributed by atoms with Crippen molar-refractivity contribution in [2.75, 3.05) is 10.6 Å². The highest BCUT2D eigenvalue weighted by atomic mass is 16.6. The maximum absolute atomic E-state index is 13.7. The molecule has 2 N–H and O–H groups in total. The van der Waals surface area contributed by atoms with Gasteiger partial charge in [0.05, 0.1) is 27.1 Å². The number of hydrogen-bond donors (Lipinski definition) is 2. The van der Waals surface area contributed by atoms with Gasteiger partial charge in [0.15, 0.2) is 0 Å². The Hall–Kier alpha value is -4.46. The van der Waals surface area contributed by atoms with E-state index in [1.165, 1.54) is 6.07 Å². The number of aryl methyl sites for hydroxylation is 2. The van der Waals surface area contributed by atoms with Gasteiger partial charge in [0.25, 0.3) is 11.6 Å². The number of benzene rings is 3. The molecular weight excluding hydrogens is 430 g/mol. The van der Waals surface area contributed by atoms with Crippen LogP contribution in [-0.4, -0.2) is 20.4 Å². The van der Waals surface area contributed by atoms with Gasteiger partial charge in [-0.15, -0.1) is 0 Å². The number of imidazole rings is 1. The van der Waals surface area contributed by atoms with E-state index in [0.29, 0.717) is 28.5 Å². The maximum atomic E-state index is 13.7. The number of amides is 1. The Kier molecular flexibility index (Phi) is 5.13. The van der Waals surface area contributed by atoms with Gasteiger partial charge in [0, 0.05) is 17.5 Å². The molecule has 2 heterocycles. The molecule has 1 aliphatic heterocycles. The van der Waals surface area contributed by atoms with Crippen LogP contribution in [0.15, 0.2) is 78.0 Å². The molecule has 5 rings (SSSR count). The number of nitro groups is 1. The normalized spacial score (nSPS) is 15.1. The second-order valence-electron chi connectivity index (χ2n) is 8.45. The van der Waals surface area contributed by atoms with Crippen molar-refractivity contribution in [2.24, 2.45) is 0 Å². The monoisotopic (exact) mass is 453 g/mol. The number of aromatic nitrogens is 2. The minimum atomic E-state index is -0.740. The molecule has 1 atom stereocenters. The quantitative estimate of drug-likeness (QED) is 0.314. The summed E-state index contributed by atoms with van der Waals surface area (Å²) >= 11 is 0. The molecule has 0 aliphatic carbocycles. The molecule has 1 amide bonds. The predicted molar refractivity (Wildman–Crippen MR) is 132 cm³/mol. The standard InChI is InChI=1S/C26H23N5O3/c1-15-12-13-19(16(2)14-15)28-25(32)23-17(3)27-26-29-20-9-5-7-11-22(20)30(26)24(23)18-8-4-6-10-21(18)31(33)34/h4-14,24H,1-3H3,(H,27,29)(H,28,32)/t24-/m1/s1. The molecule has 0 bridgehead atoms. The maximum Gasteiger partial charge on any atom is 0.275 e. The molecule has 0 radical (unpaired) electrons. The molecular formula is C26H23N5O3. The topological polar surface area (TPSA) is 102 Å². The Morgan fingerprint density at radius 1 is 1.06 bits per heavy atom. The average Bonchev–Trinajstić information content (AvgIpc) is 3.17. The number of para-hydroxylation sites is 3. The van der Waals surface area contributed by atoms with Crippen molar-refractivity contribution < 1.29 is 9.72 Å². The molecule has 0 fully saturated rings. The first kappa shape index (κ1) is 21.4. The first-order chi connectivity index (χ1) is 16.3. The molecule has 0 saturated carbocycles. The van der Waals surface area contributed by atoms with Gasteiger partial charge in [0.1, 0.15) is 6.04 Å². The van der Waals surface area contributed by atoms with Crippen LogP contribution < -0.4 is 10.6 Å². The van der Waals surface area contributed by atoms with E-state index in [4.69, 9.17) is 0 Å². The lowest BCUT2D eigenvalue weighted by atomic mass is 9.93. The van der Waals surface area contributed by atoms with Crippen LogP contribution in [0.4, 0.5) is 17.3 Å². The van der Waals surface area contributed by atoms with Gasteiger partial charge in [-0.05, 0) is 50.6 Å². The molecule has 0 unspecified atom stereocenters. The number of nitrogens with zero attached hydrogens (tertiary/aromatic N) is 3. The summed E-state index contributed by atoms with van der Waals surface area (Å²) in [5, 5.41) is 18.2. The summed E-state index contributed by atoms with van der Waals surface area (Å²) < 4.78 is 1.86. The molecule has 34 heavy (non-hydrogen) atoms. The molecule has 3 aromatic carbocycles. The molecule has 0 spiro atoms. The van der Waals surface area contributed by atoms with E-state index >= 15 is 0 Å². The summed E-state index contributed by atoms with van der Waals surface area (Å²) in [5.41, 5.74) is 5.58. The summed E-state index contributed by atoms with van der Waals surface area (Å²) in [5.74, 6) is 0.202. The number of hydrogen-bond acceptors (Lipinski definition) is 5. The van der Waals surface area contributed by atoms with Crippen molar-refractivity contribution in [2.45, 2.75) is 26.8 Å². The van der Waals surface area contributed by atoms with Crippen molar-refractivity contribution in [3.05, 3.63) is 105 Å². The summed E-state index contributed by atoms with van der Waals surface area (Å²) in [6.45, 7) is 5.72. The Morgan fingerprint density at radius 2 is 1.79 bits per heavy atom. The molecule has 8 heteroatoms. The van der Waals surface area contributed by atoms with E-state index < -0.39 is 11.0 Å². The summed E-state index contributed by atoms with van der Waals surface area (Å²) in [7, 11) is 0. The molecule has 0 saturated heterocycles. The Bertz CT molecular complexity index is 1500. The van der Waals surface area contributed by atoms with Gasteiger partial charge < -0.3 is 10.6 Å². The third kappa shape index (κ3) is 3.49. The number of allylic oxidation sites excluding steroid dienone is 1. The fraction of sp³-hybridized carbons (Fsp3) is 0.154. The van der Waals surface area contributed by atoms with Crippen molar-refractivity contribution >= 4 is 34.3 Å². The number of carbonyl (C=O) groups excluding carboxylic acids is 1. The Morgan fingerprint density at radius 3 is 2.56 bits per heavy atom. The van der Waals surface area contributed by atoms with E-state index in [9.17, 15) is 14.9 Å². The fourth-order valence-electron chi connectivity index (χ4n) is 4.58. The molecule has 170 valence electrons. The van der Waals surface area contributed by atoms with Gasteiger partial charge >= 0.3 is 0 Å². The summed E-state index contributed by atoms with van der Waals surface area (Å²) in [6, 6.07) is 19.1. The van der Waals surface area contributed by atoms with E-state index in [2.05, 4.69) is 15.6 Å². The highest BCUT2D eigenvalue weighted by molar-refractivity contribution is 6.07. The fourth-order valence-corrected chi connectivity index (χ4v) is 4.58. The summed E-state index contributed by atoms with van der Waals surface area (Å²) in [6.07, 6.45) is 0. The minimum Gasteiger partial charge on any atom is -0.329 e. The van der Waals surface area contributed by atoms with Crippen molar-refractivity contribution in [3.8, 4) is 0 Å². The third-order valence-electron chi connectivity index (χ3n) is 6.13. The SMILES string of the molecule is CC1=C(C(=O)Nc2ccc(C)cc2C)[C@@H](c2ccccc2[N+](=O)[O-])n2c(nc3ccccc32)N1. The number of nitro benzene ring substituents is 1. The molecule has 1 aromatic heterocycles. The highest BCUT2D eigenvalue weighted by Gasteiger charge is 2.37. The van der Waals surface area contributed by atoms with Crippen LogP contribution in [-0.2, 0) is 4.79 Å². The lowest BCUT2D eigenvalue weighted by Crippen LogP contribution is -2.31. The van der Waals surface area contributed by atoms with Crippen LogP contribution in [0.1, 0.15) is 29.7 Å². The van der Waals surface area contributed by atoms with Crippen molar-refractivity contribution in [1.82, 2.24) is 9.55 Å². The third-order valence-corrected chi connectivity index (χ3v) is 6.13.